The summed E-state index contributed by atoms with van der Waals surface area (Å²) >= 11 is 0. The molecule has 5 heteroatoms. The Balaban J connectivity index is 1.59. The molecule has 0 aliphatic carbocycles. The molecule has 3 rings (SSSR count). The third-order valence-electron chi connectivity index (χ3n) is 3.25. The number of esters is 1. The summed E-state index contributed by atoms with van der Waals surface area (Å²) in [6.45, 7) is 2.28. The Bertz CT molecular complexity index is 620. The molecule has 0 N–H and O–H groups in total. The first-order valence-corrected chi connectivity index (χ1v) is 6.52. The molecule has 1 unspecified atom stereocenters. The van der Waals surface area contributed by atoms with Gasteiger partial charge in [-0.1, -0.05) is 23.4 Å². The van der Waals surface area contributed by atoms with E-state index in [1.54, 1.807) is 6.07 Å². The highest BCUT2D eigenvalue weighted by molar-refractivity contribution is 5.73. The zero-order valence-electron chi connectivity index (χ0n) is 11.2. The average Bonchev–Trinajstić information content (AvgIpc) is 2.90. The zero-order chi connectivity index (χ0) is 13.9. The summed E-state index contributed by atoms with van der Waals surface area (Å²) in [7, 11) is 0. The topological polar surface area (TPSA) is 61.6 Å². The molecule has 0 saturated heterocycles. The van der Waals surface area contributed by atoms with Crippen molar-refractivity contribution in [3.63, 3.8) is 0 Å². The van der Waals surface area contributed by atoms with Gasteiger partial charge in [-0.2, -0.15) is 0 Å². The summed E-state index contributed by atoms with van der Waals surface area (Å²) in [6.07, 6.45) is 0.643. The van der Waals surface area contributed by atoms with Crippen LogP contribution < -0.4 is 4.74 Å². The summed E-state index contributed by atoms with van der Waals surface area (Å²) in [4.78, 5) is 12.0. The minimum Gasteiger partial charge on any atom is -0.492 e. The Morgan fingerprint density at radius 3 is 3.10 bits per heavy atom. The van der Waals surface area contributed by atoms with Gasteiger partial charge in [0.2, 0.25) is 0 Å². The van der Waals surface area contributed by atoms with E-state index in [1.807, 2.05) is 31.2 Å². The molecule has 0 spiro atoms. The normalized spacial score (nSPS) is 17.1. The van der Waals surface area contributed by atoms with Crippen LogP contribution in [0.3, 0.4) is 0 Å². The van der Waals surface area contributed by atoms with Crippen molar-refractivity contribution < 1.29 is 18.8 Å². The van der Waals surface area contributed by atoms with Gasteiger partial charge in [0.15, 0.2) is 12.4 Å². The lowest BCUT2D eigenvalue weighted by atomic mass is 9.97. The average molecular weight is 273 g/mol. The first-order valence-electron chi connectivity index (χ1n) is 6.52. The van der Waals surface area contributed by atoms with Crippen molar-refractivity contribution in [2.75, 3.05) is 6.61 Å². The van der Waals surface area contributed by atoms with Crippen molar-refractivity contribution in [2.24, 2.45) is 5.92 Å². The number of aryl methyl sites for hydroxylation is 1. The highest BCUT2D eigenvalue weighted by Crippen LogP contribution is 2.27. The van der Waals surface area contributed by atoms with E-state index in [1.165, 1.54) is 0 Å². The minimum absolute atomic E-state index is 0.109. The Labute approximate surface area is 116 Å². The highest BCUT2D eigenvalue weighted by Gasteiger charge is 2.27. The second kappa shape index (κ2) is 5.36. The number of rotatable bonds is 3. The molecule has 0 amide bonds. The third-order valence-corrected chi connectivity index (χ3v) is 3.25. The summed E-state index contributed by atoms with van der Waals surface area (Å²) in [6, 6.07) is 9.49. The molecule has 5 nitrogen and oxygen atoms in total. The quantitative estimate of drug-likeness (QED) is 0.803. The molecule has 1 aromatic carbocycles. The number of benzene rings is 1. The fourth-order valence-corrected chi connectivity index (χ4v) is 2.22. The SMILES string of the molecule is Cc1cc(COC(=O)C2COc3ccccc3C2)on1. The van der Waals surface area contributed by atoms with Crippen LogP contribution in [0, 0.1) is 12.8 Å². The maximum absolute atomic E-state index is 12.0. The molecule has 2 heterocycles. The van der Waals surface area contributed by atoms with Gasteiger partial charge in [-0.15, -0.1) is 0 Å². The van der Waals surface area contributed by atoms with Gasteiger partial charge < -0.3 is 14.0 Å². The fraction of sp³-hybridized carbons (Fsp3) is 0.333. The standard InChI is InChI=1S/C15H15NO4/c1-10-6-13(20-16-10)9-19-15(17)12-7-11-4-2-3-5-14(11)18-8-12/h2-6,12H,7-9H2,1H3. The Kier molecular flexibility index (Phi) is 3.41. The number of fused-ring (bicyclic) bond motifs is 1. The molecule has 2 aromatic rings. The number of aromatic nitrogens is 1. The molecule has 1 aromatic heterocycles. The molecule has 20 heavy (non-hydrogen) atoms. The minimum atomic E-state index is -0.270. The van der Waals surface area contributed by atoms with E-state index >= 15 is 0 Å². The van der Waals surface area contributed by atoms with Gasteiger partial charge >= 0.3 is 5.97 Å². The Morgan fingerprint density at radius 1 is 1.45 bits per heavy atom. The highest BCUT2D eigenvalue weighted by atomic mass is 16.6. The summed E-state index contributed by atoms with van der Waals surface area (Å²) in [5, 5.41) is 3.75. The van der Waals surface area contributed by atoms with Crippen LogP contribution in [-0.2, 0) is 22.6 Å². The molecule has 0 saturated carbocycles. The van der Waals surface area contributed by atoms with Crippen molar-refractivity contribution in [2.45, 2.75) is 20.0 Å². The van der Waals surface area contributed by atoms with Crippen LogP contribution in [0.2, 0.25) is 0 Å². The van der Waals surface area contributed by atoms with Crippen LogP contribution in [-0.4, -0.2) is 17.7 Å². The van der Waals surface area contributed by atoms with E-state index in [0.29, 0.717) is 18.8 Å². The van der Waals surface area contributed by atoms with Gasteiger partial charge in [-0.25, -0.2) is 0 Å². The van der Waals surface area contributed by atoms with Gasteiger partial charge in [-0.3, -0.25) is 4.79 Å². The number of nitrogens with zero attached hydrogens (tertiary/aromatic N) is 1. The second-order valence-corrected chi connectivity index (χ2v) is 4.86. The van der Waals surface area contributed by atoms with Crippen molar-refractivity contribution in [3.05, 3.63) is 47.3 Å². The summed E-state index contributed by atoms with van der Waals surface area (Å²) in [5.74, 6) is 0.859. The number of hydrogen-bond acceptors (Lipinski definition) is 5. The number of carbonyl (C=O) groups excluding carboxylic acids is 1. The van der Waals surface area contributed by atoms with Crippen LogP contribution in [0.5, 0.6) is 5.75 Å². The van der Waals surface area contributed by atoms with E-state index in [0.717, 1.165) is 17.0 Å². The largest absolute Gasteiger partial charge is 0.492 e. The molecular formula is C15H15NO4. The first-order chi connectivity index (χ1) is 9.72. The van der Waals surface area contributed by atoms with Crippen molar-refractivity contribution in [3.8, 4) is 5.75 Å². The molecule has 0 radical (unpaired) electrons. The van der Waals surface area contributed by atoms with Crippen LogP contribution >= 0.6 is 0 Å². The lowest BCUT2D eigenvalue weighted by Crippen LogP contribution is -2.29. The molecule has 1 atom stereocenters. The second-order valence-electron chi connectivity index (χ2n) is 4.86. The lowest BCUT2D eigenvalue weighted by Gasteiger charge is -2.23. The maximum Gasteiger partial charge on any atom is 0.313 e. The monoisotopic (exact) mass is 273 g/mol. The van der Waals surface area contributed by atoms with Crippen molar-refractivity contribution in [1.29, 1.82) is 0 Å². The molecule has 1 aliphatic heterocycles. The Morgan fingerprint density at radius 2 is 2.30 bits per heavy atom. The van der Waals surface area contributed by atoms with E-state index in [9.17, 15) is 4.79 Å². The first kappa shape index (κ1) is 12.7. The molecule has 1 aliphatic rings. The van der Waals surface area contributed by atoms with E-state index in [-0.39, 0.29) is 18.5 Å². The fourth-order valence-electron chi connectivity index (χ4n) is 2.22. The van der Waals surface area contributed by atoms with Gasteiger partial charge in [-0.05, 0) is 25.0 Å². The summed E-state index contributed by atoms with van der Waals surface area (Å²) in [5.41, 5.74) is 1.81. The Hall–Kier alpha value is -2.30. The number of carbonyl (C=O) groups is 1. The number of para-hydroxylation sites is 1. The van der Waals surface area contributed by atoms with Crippen LogP contribution in [0.1, 0.15) is 17.0 Å². The van der Waals surface area contributed by atoms with E-state index in [4.69, 9.17) is 14.0 Å². The van der Waals surface area contributed by atoms with Gasteiger partial charge in [0.05, 0.1) is 11.6 Å². The smallest absolute Gasteiger partial charge is 0.313 e. The van der Waals surface area contributed by atoms with E-state index in [2.05, 4.69) is 5.16 Å². The summed E-state index contributed by atoms with van der Waals surface area (Å²) < 4.78 is 15.8. The zero-order valence-corrected chi connectivity index (χ0v) is 11.2. The number of hydrogen-bond donors (Lipinski definition) is 0. The van der Waals surface area contributed by atoms with Crippen molar-refractivity contribution >= 4 is 5.97 Å². The van der Waals surface area contributed by atoms with Crippen LogP contribution in [0.4, 0.5) is 0 Å². The maximum atomic E-state index is 12.0. The van der Waals surface area contributed by atoms with Crippen LogP contribution in [0.15, 0.2) is 34.9 Å². The molecule has 0 bridgehead atoms. The lowest BCUT2D eigenvalue weighted by molar-refractivity contribution is -0.152. The van der Waals surface area contributed by atoms with Gasteiger partial charge in [0.1, 0.15) is 12.4 Å². The van der Waals surface area contributed by atoms with E-state index < -0.39 is 0 Å². The van der Waals surface area contributed by atoms with Crippen molar-refractivity contribution in [1.82, 2.24) is 5.16 Å². The number of ether oxygens (including phenoxy) is 2. The predicted molar refractivity (Wildman–Crippen MR) is 70.2 cm³/mol. The van der Waals surface area contributed by atoms with Crippen LogP contribution in [0.25, 0.3) is 0 Å². The predicted octanol–water partition coefficient (Wildman–Crippen LogP) is 2.28. The third kappa shape index (κ3) is 2.66. The van der Waals surface area contributed by atoms with Gasteiger partial charge in [0.25, 0.3) is 0 Å². The molecular weight excluding hydrogens is 258 g/mol. The molecule has 0 fully saturated rings. The van der Waals surface area contributed by atoms with Gasteiger partial charge in [0, 0.05) is 6.07 Å². The molecule has 104 valence electrons.